The van der Waals surface area contributed by atoms with Gasteiger partial charge in [-0.1, -0.05) is 23.8 Å². The van der Waals surface area contributed by atoms with Gasteiger partial charge in [0.05, 0.1) is 50.1 Å². The molecule has 2 fully saturated rings. The summed E-state index contributed by atoms with van der Waals surface area (Å²) in [5.74, 6) is -7.56. The van der Waals surface area contributed by atoms with Gasteiger partial charge in [-0.05, 0) is 39.5 Å². The zero-order valence-electron chi connectivity index (χ0n) is 35.1. The van der Waals surface area contributed by atoms with Crippen LogP contribution in [0.2, 0.25) is 0 Å². The molecule has 0 radical (unpaired) electrons. The second-order valence-corrected chi connectivity index (χ2v) is 15.6. The van der Waals surface area contributed by atoms with Gasteiger partial charge in [0.15, 0.2) is 12.6 Å². The molecule has 4 rings (SSSR count). The summed E-state index contributed by atoms with van der Waals surface area (Å²) in [5, 5.41) is 99.9. The number of carboxylic acids is 2. The van der Waals surface area contributed by atoms with Crippen molar-refractivity contribution in [3.63, 3.8) is 0 Å². The van der Waals surface area contributed by atoms with Gasteiger partial charge < -0.3 is 89.0 Å². The van der Waals surface area contributed by atoms with Crippen molar-refractivity contribution in [1.29, 1.82) is 0 Å². The van der Waals surface area contributed by atoms with Gasteiger partial charge in [-0.2, -0.15) is 0 Å². The van der Waals surface area contributed by atoms with Crippen LogP contribution in [0.4, 0.5) is 0 Å². The third kappa shape index (κ3) is 12.8. The largest absolute Gasteiger partial charge is 0.478 e. The van der Waals surface area contributed by atoms with Crippen LogP contribution < -0.4 is 0 Å². The maximum atomic E-state index is 12.8. The first-order chi connectivity index (χ1) is 30.4. The molecule has 0 spiro atoms. The highest BCUT2D eigenvalue weighted by Gasteiger charge is 2.49. The summed E-state index contributed by atoms with van der Waals surface area (Å²) in [6, 6.07) is 0. The molecular weight excluding hydrogens is 856 g/mol. The van der Waals surface area contributed by atoms with Gasteiger partial charge in [0.25, 0.3) is 0 Å². The van der Waals surface area contributed by atoms with Crippen molar-refractivity contribution in [3.05, 3.63) is 72.3 Å². The Hall–Kier alpha value is -4.56. The number of esters is 2. The number of hydrogen-bond donors (Lipinski definition) is 10. The second kappa shape index (κ2) is 24.1. The molecule has 4 aliphatic rings. The van der Waals surface area contributed by atoms with E-state index in [1.165, 1.54) is 25.2 Å². The van der Waals surface area contributed by atoms with E-state index >= 15 is 0 Å². The number of carbonyl (C=O) groups excluding carboxylic acids is 2. The number of carboxylic acid groups (broad SMARTS) is 2. The molecule has 0 bridgehead atoms. The highest BCUT2D eigenvalue weighted by Crippen LogP contribution is 2.38. The molecule has 2 saturated heterocycles. The van der Waals surface area contributed by atoms with Gasteiger partial charge in [-0.3, -0.25) is 0 Å². The van der Waals surface area contributed by atoms with Crippen molar-refractivity contribution in [1.82, 2.24) is 0 Å². The van der Waals surface area contributed by atoms with Crippen molar-refractivity contribution in [2.24, 2.45) is 23.7 Å². The van der Waals surface area contributed by atoms with E-state index in [0.29, 0.717) is 18.4 Å². The second-order valence-electron chi connectivity index (χ2n) is 15.6. The smallest absolute Gasteiger partial charge is 0.334 e. The molecule has 22 heteroatoms. The fourth-order valence-electron chi connectivity index (χ4n) is 7.56. The topological polar surface area (TPSA) is 344 Å². The Morgan fingerprint density at radius 3 is 1.50 bits per heavy atom. The minimum Gasteiger partial charge on any atom is -0.478 e. The lowest BCUT2D eigenvalue weighted by Gasteiger charge is -2.43. The Bertz CT molecular complexity index is 1770. The fraction of sp³-hybridized carbons (Fsp3) is 0.619. The standard InChI is InChI=1S/C42H58O22/c1-5-21-23(25(36(52)53)17-59-39(21)63-41-34(50)32(48)30(46)27(15-43)61-41)10-12-57-29(45)14-19(3)8-7-9-20(4)38(56)58-13-11-24-22(6-2)40(60-18-26(24)37(54)55)64-42-35(51)33(49)31(47)28(16-44)62-42/h5-6,9,14,17-18,21-24,27-28,30-35,39-44,46-51H,1-2,7-8,10-13,15-16H2,3-4H3,(H,52,53)(H,54,55)/b19-14+,20-9+/t21?,22?,23?,24?,27-,28-,30-,31-,32+,33+,34-,35-,39?,40?,41+,42+/m1/s1. The predicted molar refractivity (Wildman–Crippen MR) is 213 cm³/mol. The molecule has 358 valence electrons. The molecule has 22 nitrogen and oxygen atoms in total. The molecule has 64 heavy (non-hydrogen) atoms. The van der Waals surface area contributed by atoms with E-state index in [4.69, 9.17) is 37.9 Å². The van der Waals surface area contributed by atoms with Crippen LogP contribution in [0.15, 0.2) is 72.3 Å². The molecule has 6 unspecified atom stereocenters. The van der Waals surface area contributed by atoms with Gasteiger partial charge >= 0.3 is 23.9 Å². The lowest BCUT2D eigenvalue weighted by Crippen LogP contribution is -2.60. The van der Waals surface area contributed by atoms with Crippen LogP contribution in [0.5, 0.6) is 0 Å². The third-order valence-electron chi connectivity index (χ3n) is 11.3. The molecule has 0 amide bonds. The van der Waals surface area contributed by atoms with Crippen molar-refractivity contribution in [2.75, 3.05) is 26.4 Å². The van der Waals surface area contributed by atoms with Crippen molar-refractivity contribution < 1.29 is 108 Å². The van der Waals surface area contributed by atoms with Gasteiger partial charge in [-0.15, -0.1) is 13.2 Å². The Morgan fingerprint density at radius 1 is 0.656 bits per heavy atom. The van der Waals surface area contributed by atoms with E-state index in [9.17, 15) is 70.2 Å². The molecule has 10 N–H and O–H groups in total. The van der Waals surface area contributed by atoms with Crippen molar-refractivity contribution in [2.45, 2.75) is 114 Å². The molecule has 16 atom stereocenters. The molecule has 0 aromatic rings. The van der Waals surface area contributed by atoms with Crippen molar-refractivity contribution in [3.8, 4) is 0 Å². The molecule has 0 saturated carbocycles. The van der Waals surface area contributed by atoms with E-state index < -0.39 is 135 Å². The molecule has 0 aliphatic carbocycles. The number of hydrogen-bond acceptors (Lipinski definition) is 20. The highest BCUT2D eigenvalue weighted by atomic mass is 16.8. The number of aliphatic carboxylic acids is 2. The highest BCUT2D eigenvalue weighted by molar-refractivity contribution is 5.88. The minimum absolute atomic E-state index is 0.0249. The summed E-state index contributed by atoms with van der Waals surface area (Å²) in [7, 11) is 0. The minimum atomic E-state index is -1.75. The van der Waals surface area contributed by atoms with Crippen LogP contribution in [-0.2, 0) is 57.1 Å². The Morgan fingerprint density at radius 2 is 1.09 bits per heavy atom. The van der Waals surface area contributed by atoms with Gasteiger partial charge in [0, 0.05) is 35.3 Å². The zero-order chi connectivity index (χ0) is 47.4. The molecular formula is C42H58O22. The Kier molecular flexibility index (Phi) is 19.6. The van der Waals surface area contributed by atoms with Crippen LogP contribution in [0.25, 0.3) is 0 Å². The number of rotatable bonds is 21. The van der Waals surface area contributed by atoms with Crippen LogP contribution in [0, 0.1) is 23.7 Å². The van der Waals surface area contributed by atoms with E-state index in [2.05, 4.69) is 13.2 Å². The third-order valence-corrected chi connectivity index (χ3v) is 11.3. The Balaban J connectivity index is 1.26. The number of ether oxygens (including phenoxy) is 8. The van der Waals surface area contributed by atoms with Gasteiger partial charge in [-0.25, -0.2) is 19.2 Å². The maximum absolute atomic E-state index is 12.8. The zero-order valence-corrected chi connectivity index (χ0v) is 35.1. The van der Waals surface area contributed by atoms with Crippen LogP contribution in [0.3, 0.4) is 0 Å². The van der Waals surface area contributed by atoms with E-state index in [0.717, 1.165) is 12.5 Å². The fourth-order valence-corrected chi connectivity index (χ4v) is 7.56. The summed E-state index contributed by atoms with van der Waals surface area (Å²) in [4.78, 5) is 49.7. The lowest BCUT2D eigenvalue weighted by atomic mass is 9.82. The summed E-state index contributed by atoms with van der Waals surface area (Å²) in [5.41, 5.74) is 0.453. The Labute approximate surface area is 367 Å². The van der Waals surface area contributed by atoms with Crippen LogP contribution in [0.1, 0.15) is 39.5 Å². The van der Waals surface area contributed by atoms with Crippen LogP contribution >= 0.6 is 0 Å². The summed E-state index contributed by atoms with van der Waals surface area (Å²) < 4.78 is 43.9. The van der Waals surface area contributed by atoms with E-state index in [1.807, 2.05) is 0 Å². The molecule has 0 aromatic heterocycles. The first-order valence-corrected chi connectivity index (χ1v) is 20.4. The van der Waals surface area contributed by atoms with Gasteiger partial charge in [0.1, 0.15) is 48.8 Å². The first-order valence-electron chi connectivity index (χ1n) is 20.4. The average Bonchev–Trinajstić information content (AvgIpc) is 3.26. The van der Waals surface area contributed by atoms with Crippen molar-refractivity contribution >= 4 is 23.9 Å². The van der Waals surface area contributed by atoms with E-state index in [-0.39, 0.29) is 42.8 Å². The summed E-state index contributed by atoms with van der Waals surface area (Å²) >= 11 is 0. The van der Waals surface area contributed by atoms with Gasteiger partial charge in [0.2, 0.25) is 12.6 Å². The summed E-state index contributed by atoms with van der Waals surface area (Å²) in [6.07, 6.45) is -10.5. The number of aliphatic hydroxyl groups excluding tert-OH is 8. The first kappa shape index (κ1) is 52.1. The predicted octanol–water partition coefficient (Wildman–Crippen LogP) is -1.35. The number of carbonyl (C=O) groups is 4. The normalized spacial score (nSPS) is 35.7. The van der Waals surface area contributed by atoms with Crippen LogP contribution in [-0.4, -0.2) is 175 Å². The average molecular weight is 915 g/mol. The molecule has 4 heterocycles. The molecule has 0 aromatic carbocycles. The summed E-state index contributed by atoms with van der Waals surface area (Å²) in [6.45, 7) is 8.77. The monoisotopic (exact) mass is 914 g/mol. The molecule has 4 aliphatic heterocycles. The maximum Gasteiger partial charge on any atom is 0.334 e. The van der Waals surface area contributed by atoms with E-state index in [1.54, 1.807) is 13.0 Å². The quantitative estimate of drug-likeness (QED) is 0.0361. The number of allylic oxidation sites excluding steroid dienone is 2. The number of aliphatic hydroxyl groups is 8. The lowest BCUT2D eigenvalue weighted by molar-refractivity contribution is -0.339. The SMILES string of the molecule is C=CC1C(O[C@@H]2O[C@H](CO)[C@@H](O)[C@H](O)[C@H]2O)OC=C(C(=O)O)C1CCOC(=O)/C=C(\C)CC/C=C(\C)C(=O)OCCC1C(C(=O)O)=COC(O[C@@H]2O[C@H](CO)[C@@H](O)[C@H](O)[C@H]2O)C1C=C.